The molecule has 1 fully saturated rings. The molecule has 1 heterocycles. The molecule has 0 saturated carbocycles. The van der Waals surface area contributed by atoms with Gasteiger partial charge in [0.1, 0.15) is 12.4 Å². The number of para-hydroxylation sites is 1. The van der Waals surface area contributed by atoms with Gasteiger partial charge in [0.25, 0.3) is 11.1 Å². The zero-order valence-corrected chi connectivity index (χ0v) is 22.8. The highest BCUT2D eigenvalue weighted by molar-refractivity contribution is 14.1. The second-order valence-corrected chi connectivity index (χ2v) is 10.9. The number of benzene rings is 3. The molecule has 4 rings (SSSR count). The van der Waals surface area contributed by atoms with Crippen LogP contribution < -0.4 is 9.64 Å². The van der Waals surface area contributed by atoms with Crippen LogP contribution in [0.4, 0.5) is 10.5 Å². The summed E-state index contributed by atoms with van der Waals surface area (Å²) in [4.78, 5) is 26.9. The van der Waals surface area contributed by atoms with Crippen molar-refractivity contribution >= 4 is 103 Å². The lowest BCUT2D eigenvalue weighted by atomic mass is 10.2. The Morgan fingerprint density at radius 2 is 1.62 bits per heavy atom. The number of nitrogens with zero attached hydrogens (tertiary/aromatic N) is 1. The van der Waals surface area contributed by atoms with Gasteiger partial charge in [0, 0.05) is 5.02 Å². The molecule has 3 aromatic carbocycles. The van der Waals surface area contributed by atoms with Crippen molar-refractivity contribution < 1.29 is 14.3 Å². The van der Waals surface area contributed by atoms with Gasteiger partial charge in [-0.15, -0.1) is 0 Å². The van der Waals surface area contributed by atoms with Crippen molar-refractivity contribution in [1.82, 2.24) is 0 Å². The summed E-state index contributed by atoms with van der Waals surface area (Å²) in [5.41, 5.74) is 2.20. The van der Waals surface area contributed by atoms with Crippen LogP contribution in [-0.4, -0.2) is 11.1 Å². The number of rotatable bonds is 5. The maximum absolute atomic E-state index is 12.9. The van der Waals surface area contributed by atoms with Crippen LogP contribution in [-0.2, 0) is 11.4 Å². The van der Waals surface area contributed by atoms with Gasteiger partial charge in [0.05, 0.1) is 22.8 Å². The first-order chi connectivity index (χ1) is 15.3. The largest absolute Gasteiger partial charge is 0.487 e. The topological polar surface area (TPSA) is 46.6 Å². The summed E-state index contributed by atoms with van der Waals surface area (Å²) < 4.78 is 7.82. The van der Waals surface area contributed by atoms with Crippen molar-refractivity contribution in [3.63, 3.8) is 0 Å². The molecular formula is C23H13Cl2I2NO3S. The Balaban J connectivity index is 1.55. The standard InChI is InChI=1S/C23H13Cl2I2NO3S/c24-15-7-5-13(6-8-15)12-31-21-17(26)9-14(10-18(21)27)11-20-22(29)28(23(30)32-20)19-4-2-1-3-16(19)25/h1-11H,12H2/b20-11-. The van der Waals surface area contributed by atoms with Crippen molar-refractivity contribution in [2.45, 2.75) is 6.61 Å². The summed E-state index contributed by atoms with van der Waals surface area (Å²) in [6.07, 6.45) is 1.72. The summed E-state index contributed by atoms with van der Waals surface area (Å²) in [6, 6.07) is 18.1. The third-order valence-electron chi connectivity index (χ3n) is 4.50. The molecule has 0 aliphatic carbocycles. The van der Waals surface area contributed by atoms with E-state index in [0.29, 0.717) is 27.2 Å². The SMILES string of the molecule is O=C1S/C(=C\c2cc(I)c(OCc3ccc(Cl)cc3)c(I)c2)C(=O)N1c1ccccc1Cl. The summed E-state index contributed by atoms with van der Waals surface area (Å²) in [6.45, 7) is 0.416. The normalized spacial score (nSPS) is 15.0. The maximum atomic E-state index is 12.9. The molecule has 0 aromatic heterocycles. The van der Waals surface area contributed by atoms with E-state index in [1.54, 1.807) is 30.3 Å². The number of imide groups is 1. The molecule has 0 radical (unpaired) electrons. The van der Waals surface area contributed by atoms with Gasteiger partial charge in [0.2, 0.25) is 0 Å². The quantitative estimate of drug-likeness (QED) is 0.199. The molecular weight excluding hydrogens is 695 g/mol. The molecule has 0 atom stereocenters. The molecule has 0 unspecified atom stereocenters. The predicted molar refractivity (Wildman–Crippen MR) is 148 cm³/mol. The minimum Gasteiger partial charge on any atom is -0.487 e. The van der Waals surface area contributed by atoms with Gasteiger partial charge in [-0.05, 0) is 111 Å². The first-order valence-corrected chi connectivity index (χ1v) is 13.0. The van der Waals surface area contributed by atoms with Crippen LogP contribution in [0.1, 0.15) is 11.1 Å². The van der Waals surface area contributed by atoms with Crippen molar-refractivity contribution in [2.24, 2.45) is 0 Å². The molecule has 1 saturated heterocycles. The van der Waals surface area contributed by atoms with Crippen LogP contribution >= 0.6 is 80.1 Å². The molecule has 1 aliphatic rings. The molecule has 32 heavy (non-hydrogen) atoms. The summed E-state index contributed by atoms with van der Waals surface area (Å²) in [5.74, 6) is 0.378. The van der Waals surface area contributed by atoms with E-state index in [1.807, 2.05) is 36.4 Å². The fourth-order valence-electron chi connectivity index (χ4n) is 3.00. The molecule has 0 bridgehead atoms. The van der Waals surface area contributed by atoms with Crippen molar-refractivity contribution in [2.75, 3.05) is 4.90 Å². The molecule has 0 spiro atoms. The highest BCUT2D eigenvalue weighted by Crippen LogP contribution is 2.39. The van der Waals surface area contributed by atoms with E-state index in [-0.39, 0.29) is 11.1 Å². The molecule has 1 aliphatic heterocycles. The number of carbonyl (C=O) groups excluding carboxylic acids is 2. The lowest BCUT2D eigenvalue weighted by Crippen LogP contribution is -2.27. The fourth-order valence-corrected chi connectivity index (χ4v) is 6.30. The Labute approximate surface area is 226 Å². The Morgan fingerprint density at radius 1 is 0.969 bits per heavy atom. The van der Waals surface area contributed by atoms with Gasteiger partial charge in [0.15, 0.2) is 0 Å². The number of hydrogen-bond donors (Lipinski definition) is 0. The van der Waals surface area contributed by atoms with Crippen LogP contribution in [0.15, 0.2) is 65.6 Å². The van der Waals surface area contributed by atoms with Crippen LogP contribution in [0.5, 0.6) is 5.75 Å². The van der Waals surface area contributed by atoms with E-state index in [0.717, 1.165) is 40.7 Å². The monoisotopic (exact) mass is 707 g/mol. The number of anilines is 1. The van der Waals surface area contributed by atoms with Crippen molar-refractivity contribution in [1.29, 1.82) is 0 Å². The van der Waals surface area contributed by atoms with E-state index in [2.05, 4.69) is 45.2 Å². The average molecular weight is 708 g/mol. The van der Waals surface area contributed by atoms with Crippen LogP contribution in [0.3, 0.4) is 0 Å². The predicted octanol–water partition coefficient (Wildman–Crippen LogP) is 8.02. The van der Waals surface area contributed by atoms with E-state index in [4.69, 9.17) is 27.9 Å². The summed E-state index contributed by atoms with van der Waals surface area (Å²) in [5, 5.41) is 0.658. The Morgan fingerprint density at radius 3 is 2.28 bits per heavy atom. The molecule has 162 valence electrons. The third-order valence-corrected chi connectivity index (χ3v) is 7.55. The number of amides is 2. The molecule has 0 N–H and O–H groups in total. The minimum atomic E-state index is -0.388. The highest BCUT2D eigenvalue weighted by Gasteiger charge is 2.37. The van der Waals surface area contributed by atoms with E-state index >= 15 is 0 Å². The zero-order valence-electron chi connectivity index (χ0n) is 16.2. The van der Waals surface area contributed by atoms with Gasteiger partial charge in [-0.1, -0.05) is 47.5 Å². The van der Waals surface area contributed by atoms with E-state index in [1.165, 1.54) is 0 Å². The number of hydrogen-bond acceptors (Lipinski definition) is 4. The zero-order chi connectivity index (χ0) is 22.8. The smallest absolute Gasteiger partial charge is 0.298 e. The van der Waals surface area contributed by atoms with Gasteiger partial charge in [-0.2, -0.15) is 0 Å². The van der Waals surface area contributed by atoms with Gasteiger partial charge in [-0.25, -0.2) is 4.90 Å². The third kappa shape index (κ3) is 5.27. The second-order valence-electron chi connectivity index (χ2n) is 6.70. The Hall–Kier alpha value is -1.27. The lowest BCUT2D eigenvalue weighted by molar-refractivity contribution is -0.113. The highest BCUT2D eigenvalue weighted by atomic mass is 127. The Bertz CT molecular complexity index is 1230. The number of halogens is 4. The van der Waals surface area contributed by atoms with Crippen molar-refractivity contribution in [3.05, 3.63) is 93.9 Å². The van der Waals surface area contributed by atoms with Crippen LogP contribution in [0.2, 0.25) is 10.0 Å². The maximum Gasteiger partial charge on any atom is 0.298 e. The first-order valence-electron chi connectivity index (χ1n) is 9.22. The van der Waals surface area contributed by atoms with Gasteiger partial charge >= 0.3 is 0 Å². The molecule has 3 aromatic rings. The lowest BCUT2D eigenvalue weighted by Gasteiger charge is -2.13. The minimum absolute atomic E-state index is 0.344. The first kappa shape index (κ1) is 23.9. The van der Waals surface area contributed by atoms with Crippen LogP contribution in [0.25, 0.3) is 6.08 Å². The summed E-state index contributed by atoms with van der Waals surface area (Å²) in [7, 11) is 0. The van der Waals surface area contributed by atoms with E-state index in [9.17, 15) is 9.59 Å². The number of carbonyl (C=O) groups is 2. The second kappa shape index (κ2) is 10.3. The number of ether oxygens (including phenoxy) is 1. The van der Waals surface area contributed by atoms with Gasteiger partial charge in [-0.3, -0.25) is 9.59 Å². The molecule has 9 heteroatoms. The average Bonchev–Trinajstić information content (AvgIpc) is 3.02. The fraction of sp³-hybridized carbons (Fsp3) is 0.0435. The number of thioether (sulfide) groups is 1. The molecule has 2 amide bonds. The summed E-state index contributed by atoms with van der Waals surface area (Å²) >= 11 is 17.4. The Kier molecular flexibility index (Phi) is 7.71. The van der Waals surface area contributed by atoms with E-state index < -0.39 is 0 Å². The van der Waals surface area contributed by atoms with Gasteiger partial charge < -0.3 is 4.74 Å². The molecule has 4 nitrogen and oxygen atoms in total. The van der Waals surface area contributed by atoms with Crippen molar-refractivity contribution in [3.8, 4) is 5.75 Å². The van der Waals surface area contributed by atoms with Crippen LogP contribution in [0, 0.1) is 7.14 Å².